The van der Waals surface area contributed by atoms with Gasteiger partial charge < -0.3 is 10.5 Å². The summed E-state index contributed by atoms with van der Waals surface area (Å²) in [7, 11) is 0. The van der Waals surface area contributed by atoms with Gasteiger partial charge in [0.1, 0.15) is 10.6 Å². The summed E-state index contributed by atoms with van der Waals surface area (Å²) in [5.41, 5.74) is 9.74. The van der Waals surface area contributed by atoms with Gasteiger partial charge in [-0.3, -0.25) is 0 Å². The van der Waals surface area contributed by atoms with Gasteiger partial charge in [-0.25, -0.2) is 4.79 Å². The molecule has 0 amide bonds. The zero-order valence-corrected chi connectivity index (χ0v) is 13.5. The molecular formula is C17H21NO2S. The van der Waals surface area contributed by atoms with Crippen LogP contribution in [-0.2, 0) is 11.2 Å². The summed E-state index contributed by atoms with van der Waals surface area (Å²) in [6, 6.07) is 8.16. The first kappa shape index (κ1) is 15.6. The molecular weight excluding hydrogens is 282 g/mol. The number of carbonyl (C=O) groups is 1. The number of hydrogen-bond donors (Lipinski definition) is 1. The highest BCUT2D eigenvalue weighted by atomic mass is 32.1. The van der Waals surface area contributed by atoms with E-state index in [9.17, 15) is 4.79 Å². The quantitative estimate of drug-likeness (QED) is 0.831. The van der Waals surface area contributed by atoms with Crippen molar-refractivity contribution < 1.29 is 9.53 Å². The van der Waals surface area contributed by atoms with Crippen LogP contribution in [-0.4, -0.2) is 12.6 Å². The molecule has 1 heterocycles. The first-order valence-corrected chi connectivity index (χ1v) is 8.05. The Morgan fingerprint density at radius 1 is 1.24 bits per heavy atom. The molecule has 0 bridgehead atoms. The highest BCUT2D eigenvalue weighted by molar-refractivity contribution is 7.17. The number of aryl methyl sites for hydroxylation is 2. The third-order valence-electron chi connectivity index (χ3n) is 3.31. The van der Waals surface area contributed by atoms with Gasteiger partial charge in [-0.15, -0.1) is 11.3 Å². The predicted molar refractivity (Wildman–Crippen MR) is 88.9 cm³/mol. The third-order valence-corrected chi connectivity index (χ3v) is 4.47. The Bertz CT molecular complexity index is 629. The maximum Gasteiger partial charge on any atom is 0.341 e. The van der Waals surface area contributed by atoms with Crippen LogP contribution in [0.3, 0.4) is 0 Å². The molecule has 3 nitrogen and oxygen atoms in total. The zero-order chi connectivity index (χ0) is 15.4. The summed E-state index contributed by atoms with van der Waals surface area (Å²) in [5, 5.41) is 0.545. The van der Waals surface area contributed by atoms with Gasteiger partial charge in [0.2, 0.25) is 0 Å². The number of nitrogen functional groups attached to an aromatic ring is 1. The summed E-state index contributed by atoms with van der Waals surface area (Å²) >= 11 is 1.48. The lowest BCUT2D eigenvalue weighted by atomic mass is 9.99. The Morgan fingerprint density at radius 3 is 2.48 bits per heavy atom. The van der Waals surface area contributed by atoms with Crippen molar-refractivity contribution in [3.8, 4) is 11.1 Å². The minimum absolute atomic E-state index is 0.319. The number of ether oxygens (including phenoxy) is 1. The van der Waals surface area contributed by atoms with Crippen LogP contribution in [0.4, 0.5) is 5.00 Å². The number of anilines is 1. The molecule has 1 aromatic heterocycles. The second-order valence-electron chi connectivity index (χ2n) is 4.99. The molecule has 0 saturated heterocycles. The maximum absolute atomic E-state index is 12.3. The van der Waals surface area contributed by atoms with Crippen molar-refractivity contribution in [1.29, 1.82) is 0 Å². The van der Waals surface area contributed by atoms with Crippen molar-refractivity contribution in [2.24, 2.45) is 0 Å². The fourth-order valence-corrected chi connectivity index (χ4v) is 3.26. The van der Waals surface area contributed by atoms with Gasteiger partial charge in [0, 0.05) is 10.4 Å². The van der Waals surface area contributed by atoms with Gasteiger partial charge in [-0.05, 0) is 25.3 Å². The summed E-state index contributed by atoms with van der Waals surface area (Å²) in [6.45, 7) is 6.51. The van der Waals surface area contributed by atoms with Crippen LogP contribution in [0.5, 0.6) is 0 Å². The van der Waals surface area contributed by atoms with Gasteiger partial charge in [-0.2, -0.15) is 0 Å². The topological polar surface area (TPSA) is 52.3 Å². The average molecular weight is 303 g/mol. The largest absolute Gasteiger partial charge is 0.462 e. The fraction of sp³-hybridized carbons (Fsp3) is 0.353. The van der Waals surface area contributed by atoms with Crippen molar-refractivity contribution in [2.75, 3.05) is 12.3 Å². The van der Waals surface area contributed by atoms with Crippen LogP contribution in [0.25, 0.3) is 11.1 Å². The summed E-state index contributed by atoms with van der Waals surface area (Å²) in [4.78, 5) is 13.4. The Balaban J connectivity index is 2.52. The van der Waals surface area contributed by atoms with E-state index in [1.807, 2.05) is 38.1 Å². The first-order valence-electron chi connectivity index (χ1n) is 7.23. The van der Waals surface area contributed by atoms with Crippen molar-refractivity contribution in [3.63, 3.8) is 0 Å². The molecule has 0 radical (unpaired) electrons. The molecule has 0 aliphatic carbocycles. The van der Waals surface area contributed by atoms with Crippen LogP contribution in [0.2, 0.25) is 0 Å². The van der Waals surface area contributed by atoms with E-state index in [1.54, 1.807) is 0 Å². The SMILES string of the molecule is CCCOC(=O)c1c(N)sc(CC)c1-c1ccc(C)cc1. The van der Waals surface area contributed by atoms with Crippen LogP contribution in [0, 0.1) is 6.92 Å². The van der Waals surface area contributed by atoms with Gasteiger partial charge >= 0.3 is 5.97 Å². The average Bonchev–Trinajstić information content (AvgIpc) is 2.82. The lowest BCUT2D eigenvalue weighted by Gasteiger charge is -2.08. The van der Waals surface area contributed by atoms with Crippen LogP contribution in [0.1, 0.15) is 41.1 Å². The maximum atomic E-state index is 12.3. The second kappa shape index (κ2) is 6.76. The number of nitrogens with two attached hydrogens (primary N) is 1. The molecule has 2 rings (SSSR count). The first-order chi connectivity index (χ1) is 10.1. The number of esters is 1. The van der Waals surface area contributed by atoms with Crippen LogP contribution < -0.4 is 5.73 Å². The van der Waals surface area contributed by atoms with E-state index in [2.05, 4.69) is 6.92 Å². The number of carbonyl (C=O) groups excluding carboxylic acids is 1. The predicted octanol–water partition coefficient (Wildman–Crippen LogP) is 4.43. The van der Waals surface area contributed by atoms with Crippen molar-refractivity contribution >= 4 is 22.3 Å². The Hall–Kier alpha value is -1.81. The Labute approximate surface area is 129 Å². The summed E-state index contributed by atoms with van der Waals surface area (Å²) < 4.78 is 5.29. The number of rotatable bonds is 5. The summed E-state index contributed by atoms with van der Waals surface area (Å²) in [5.74, 6) is -0.319. The molecule has 0 saturated carbocycles. The van der Waals surface area contributed by atoms with E-state index in [1.165, 1.54) is 16.9 Å². The minimum Gasteiger partial charge on any atom is -0.462 e. The lowest BCUT2D eigenvalue weighted by molar-refractivity contribution is 0.0507. The fourth-order valence-electron chi connectivity index (χ4n) is 2.24. The highest BCUT2D eigenvalue weighted by Gasteiger charge is 2.23. The standard InChI is InChI=1S/C17H21NO2S/c1-4-10-20-17(19)15-14(13(5-2)21-16(15)18)12-8-6-11(3)7-9-12/h6-9H,4-5,10,18H2,1-3H3. The molecule has 4 heteroatoms. The van der Waals surface area contributed by atoms with Crippen molar-refractivity contribution in [3.05, 3.63) is 40.3 Å². The minimum atomic E-state index is -0.319. The normalized spacial score (nSPS) is 10.6. The smallest absolute Gasteiger partial charge is 0.341 e. The molecule has 21 heavy (non-hydrogen) atoms. The molecule has 2 N–H and O–H groups in total. The summed E-state index contributed by atoms with van der Waals surface area (Å²) in [6.07, 6.45) is 1.65. The van der Waals surface area contributed by atoms with Gasteiger partial charge in [0.15, 0.2) is 0 Å². The van der Waals surface area contributed by atoms with Crippen LogP contribution >= 0.6 is 11.3 Å². The molecule has 0 aliphatic heterocycles. The van der Waals surface area contributed by atoms with E-state index in [4.69, 9.17) is 10.5 Å². The second-order valence-corrected chi connectivity index (χ2v) is 6.13. The van der Waals surface area contributed by atoms with Gasteiger partial charge in [0.05, 0.1) is 6.61 Å². The molecule has 0 fully saturated rings. The third kappa shape index (κ3) is 3.27. The Morgan fingerprint density at radius 2 is 1.90 bits per heavy atom. The monoisotopic (exact) mass is 303 g/mol. The number of benzene rings is 1. The van der Waals surface area contributed by atoms with E-state index in [0.29, 0.717) is 17.2 Å². The molecule has 1 aromatic carbocycles. The van der Waals surface area contributed by atoms with E-state index >= 15 is 0 Å². The molecule has 2 aromatic rings. The van der Waals surface area contributed by atoms with E-state index < -0.39 is 0 Å². The van der Waals surface area contributed by atoms with Gasteiger partial charge in [-0.1, -0.05) is 43.7 Å². The number of hydrogen-bond acceptors (Lipinski definition) is 4. The molecule has 0 atom stereocenters. The Kier molecular flexibility index (Phi) is 5.02. The van der Waals surface area contributed by atoms with E-state index in [0.717, 1.165) is 28.8 Å². The van der Waals surface area contributed by atoms with E-state index in [-0.39, 0.29) is 5.97 Å². The lowest BCUT2D eigenvalue weighted by Crippen LogP contribution is -2.08. The molecule has 0 spiro atoms. The molecule has 0 aliphatic rings. The number of thiophene rings is 1. The van der Waals surface area contributed by atoms with Gasteiger partial charge in [0.25, 0.3) is 0 Å². The zero-order valence-electron chi connectivity index (χ0n) is 12.7. The highest BCUT2D eigenvalue weighted by Crippen LogP contribution is 2.39. The molecule has 0 unspecified atom stereocenters. The van der Waals surface area contributed by atoms with Crippen molar-refractivity contribution in [1.82, 2.24) is 0 Å². The van der Waals surface area contributed by atoms with Crippen LogP contribution in [0.15, 0.2) is 24.3 Å². The molecule has 112 valence electrons. The van der Waals surface area contributed by atoms with Crippen molar-refractivity contribution in [2.45, 2.75) is 33.6 Å².